The average molecular weight is 571 g/mol. The van der Waals surface area contributed by atoms with Crippen LogP contribution >= 0.6 is 23.2 Å². The van der Waals surface area contributed by atoms with Crippen molar-refractivity contribution in [1.29, 1.82) is 0 Å². The van der Waals surface area contributed by atoms with Crippen LogP contribution in [0.15, 0.2) is 66.7 Å². The van der Waals surface area contributed by atoms with Crippen LogP contribution in [0.25, 0.3) is 0 Å². The van der Waals surface area contributed by atoms with Crippen molar-refractivity contribution in [1.82, 2.24) is 10.6 Å². The summed E-state index contributed by atoms with van der Waals surface area (Å²) in [5.41, 5.74) is 1.18. The zero-order chi connectivity index (χ0) is 28.7. The first kappa shape index (κ1) is 29.5. The number of para-hydroxylation sites is 1. The largest absolute Gasteiger partial charge is 0.480 e. The molecule has 0 heterocycles. The van der Waals surface area contributed by atoms with Gasteiger partial charge in [0.1, 0.15) is 6.04 Å². The van der Waals surface area contributed by atoms with Crippen molar-refractivity contribution >= 4 is 58.4 Å². The number of rotatable bonds is 8. The summed E-state index contributed by atoms with van der Waals surface area (Å²) < 4.78 is 0. The Morgan fingerprint density at radius 3 is 2.03 bits per heavy atom. The predicted octanol–water partition coefficient (Wildman–Crippen LogP) is 5.59. The molecule has 9 nitrogen and oxygen atoms in total. The maximum absolute atomic E-state index is 12.7. The second-order valence-electron chi connectivity index (χ2n) is 9.69. The maximum Gasteiger partial charge on any atom is 0.326 e. The molecule has 39 heavy (non-hydrogen) atoms. The summed E-state index contributed by atoms with van der Waals surface area (Å²) in [7, 11) is 0. The van der Waals surface area contributed by atoms with Gasteiger partial charge in [0.05, 0.1) is 26.9 Å². The van der Waals surface area contributed by atoms with Crippen molar-refractivity contribution in [3.05, 3.63) is 93.5 Å². The third kappa shape index (κ3) is 8.46. The van der Waals surface area contributed by atoms with Crippen molar-refractivity contribution < 1.29 is 24.3 Å². The van der Waals surface area contributed by atoms with Gasteiger partial charge in [-0.15, -0.1) is 0 Å². The van der Waals surface area contributed by atoms with Crippen molar-refractivity contribution in [2.45, 2.75) is 38.8 Å². The minimum absolute atomic E-state index is 0.0283. The van der Waals surface area contributed by atoms with Crippen molar-refractivity contribution in [2.24, 2.45) is 0 Å². The molecule has 0 aliphatic carbocycles. The molecule has 3 rings (SSSR count). The van der Waals surface area contributed by atoms with Crippen LogP contribution in [0, 0.1) is 0 Å². The highest BCUT2D eigenvalue weighted by Crippen LogP contribution is 2.25. The standard InChI is InChI=1S/C28H28Cl2N4O5/c1-28(2,3)34-24(35)18-7-4-5-10-21(18)32-27(39)33-22(26(37)38)15-16-11-13-17(14-12-16)31-25(36)23-19(29)8-6-9-20(23)30/h4-14,22H,15H2,1-3H3,(H,31,36)(H,34,35)(H,37,38)(H2,32,33,39). The van der Waals surface area contributed by atoms with Gasteiger partial charge in [-0.2, -0.15) is 0 Å². The number of carboxylic acids is 1. The lowest BCUT2D eigenvalue weighted by Crippen LogP contribution is -2.45. The number of hydrogen-bond acceptors (Lipinski definition) is 4. The number of carbonyl (C=O) groups excluding carboxylic acids is 3. The normalized spacial score (nSPS) is 11.7. The predicted molar refractivity (Wildman–Crippen MR) is 152 cm³/mol. The van der Waals surface area contributed by atoms with Gasteiger partial charge >= 0.3 is 12.0 Å². The Morgan fingerprint density at radius 2 is 1.44 bits per heavy atom. The number of anilines is 2. The summed E-state index contributed by atoms with van der Waals surface area (Å²) in [5.74, 6) is -2.11. The maximum atomic E-state index is 12.7. The summed E-state index contributed by atoms with van der Waals surface area (Å²) in [6.07, 6.45) is -0.0283. The van der Waals surface area contributed by atoms with Gasteiger partial charge in [-0.05, 0) is 62.7 Å². The van der Waals surface area contributed by atoms with Gasteiger partial charge in [-0.3, -0.25) is 9.59 Å². The Morgan fingerprint density at radius 1 is 0.821 bits per heavy atom. The average Bonchev–Trinajstić information content (AvgIpc) is 2.84. The van der Waals surface area contributed by atoms with Crippen LogP contribution in [0.4, 0.5) is 16.2 Å². The van der Waals surface area contributed by atoms with Gasteiger partial charge in [-0.25, -0.2) is 9.59 Å². The molecule has 0 saturated heterocycles. The molecule has 0 radical (unpaired) electrons. The lowest BCUT2D eigenvalue weighted by molar-refractivity contribution is -0.139. The highest BCUT2D eigenvalue weighted by molar-refractivity contribution is 6.40. The van der Waals surface area contributed by atoms with Gasteiger partial charge in [0, 0.05) is 17.6 Å². The fraction of sp³-hybridized carbons (Fsp3) is 0.214. The summed E-state index contributed by atoms with van der Waals surface area (Å²) in [4.78, 5) is 49.7. The molecule has 3 aromatic rings. The fourth-order valence-corrected chi connectivity index (χ4v) is 4.15. The first-order chi connectivity index (χ1) is 18.3. The summed E-state index contributed by atoms with van der Waals surface area (Å²) in [5, 5.41) is 20.6. The Kier molecular flexibility index (Phi) is 9.56. The molecule has 3 aromatic carbocycles. The third-order valence-corrected chi connectivity index (χ3v) is 5.98. The van der Waals surface area contributed by atoms with E-state index in [0.29, 0.717) is 11.3 Å². The van der Waals surface area contributed by atoms with E-state index in [0.717, 1.165) is 0 Å². The fourth-order valence-electron chi connectivity index (χ4n) is 3.58. The molecule has 0 aliphatic heterocycles. The SMILES string of the molecule is CC(C)(C)NC(=O)c1ccccc1NC(=O)NC(Cc1ccc(NC(=O)c2c(Cl)cccc2Cl)cc1)C(=O)O. The monoisotopic (exact) mass is 570 g/mol. The highest BCUT2D eigenvalue weighted by Gasteiger charge is 2.23. The number of aliphatic carboxylic acids is 1. The van der Waals surface area contributed by atoms with Gasteiger partial charge in [0.2, 0.25) is 0 Å². The number of carbonyl (C=O) groups is 4. The zero-order valence-corrected chi connectivity index (χ0v) is 23.0. The Labute approximate surface area is 235 Å². The molecule has 11 heteroatoms. The van der Waals surface area contributed by atoms with E-state index in [2.05, 4.69) is 21.3 Å². The molecule has 0 saturated carbocycles. The molecule has 1 unspecified atom stereocenters. The van der Waals surface area contributed by atoms with Crippen LogP contribution < -0.4 is 21.3 Å². The Balaban J connectivity index is 1.65. The van der Waals surface area contributed by atoms with Crippen molar-refractivity contribution in [3.63, 3.8) is 0 Å². The van der Waals surface area contributed by atoms with Crippen LogP contribution in [-0.4, -0.2) is 40.5 Å². The second kappa shape index (κ2) is 12.6. The van der Waals surface area contributed by atoms with Crippen LogP contribution in [-0.2, 0) is 11.2 Å². The number of halogens is 2. The van der Waals surface area contributed by atoms with E-state index in [4.69, 9.17) is 23.2 Å². The summed E-state index contributed by atoms with van der Waals surface area (Å²) in [6, 6.07) is 15.6. The molecule has 0 aromatic heterocycles. The quantitative estimate of drug-likeness (QED) is 0.240. The molecular formula is C28H28Cl2N4O5. The van der Waals surface area contributed by atoms with E-state index in [1.54, 1.807) is 66.7 Å². The third-order valence-electron chi connectivity index (χ3n) is 5.35. The van der Waals surface area contributed by atoms with E-state index in [-0.39, 0.29) is 39.2 Å². The molecular weight excluding hydrogens is 543 g/mol. The van der Waals surface area contributed by atoms with Gasteiger partial charge in [0.25, 0.3) is 11.8 Å². The van der Waals surface area contributed by atoms with Crippen molar-refractivity contribution in [2.75, 3.05) is 10.6 Å². The van der Waals surface area contributed by atoms with E-state index >= 15 is 0 Å². The van der Waals surface area contributed by atoms with Crippen LogP contribution in [0.1, 0.15) is 47.1 Å². The molecule has 0 spiro atoms. The van der Waals surface area contributed by atoms with E-state index < -0.39 is 29.5 Å². The number of carboxylic acid groups (broad SMARTS) is 1. The first-order valence-corrected chi connectivity index (χ1v) is 12.7. The number of hydrogen-bond donors (Lipinski definition) is 5. The van der Waals surface area contributed by atoms with Gasteiger partial charge in [-0.1, -0.05) is 53.5 Å². The molecule has 5 N–H and O–H groups in total. The number of amides is 4. The summed E-state index contributed by atoms with van der Waals surface area (Å²) in [6.45, 7) is 5.50. The van der Waals surface area contributed by atoms with Crippen molar-refractivity contribution in [3.8, 4) is 0 Å². The molecule has 0 fully saturated rings. The molecule has 0 aliphatic rings. The van der Waals surface area contributed by atoms with Crippen LogP contribution in [0.5, 0.6) is 0 Å². The molecule has 1 atom stereocenters. The number of urea groups is 1. The molecule has 4 amide bonds. The van der Waals surface area contributed by atoms with Crippen LogP contribution in [0.3, 0.4) is 0 Å². The Bertz CT molecular complexity index is 1370. The second-order valence-corrected chi connectivity index (χ2v) is 10.5. The van der Waals surface area contributed by atoms with Gasteiger partial charge in [0.15, 0.2) is 0 Å². The summed E-state index contributed by atoms with van der Waals surface area (Å²) >= 11 is 12.2. The van der Waals surface area contributed by atoms with Gasteiger partial charge < -0.3 is 26.4 Å². The van der Waals surface area contributed by atoms with Crippen LogP contribution in [0.2, 0.25) is 10.0 Å². The molecule has 0 bridgehead atoms. The lowest BCUT2D eigenvalue weighted by Gasteiger charge is -2.22. The number of nitrogens with one attached hydrogen (secondary N) is 4. The topological polar surface area (TPSA) is 137 Å². The van der Waals surface area contributed by atoms with E-state index in [9.17, 15) is 24.3 Å². The highest BCUT2D eigenvalue weighted by atomic mass is 35.5. The smallest absolute Gasteiger partial charge is 0.326 e. The Hall–Kier alpha value is -4.08. The minimum Gasteiger partial charge on any atom is -0.480 e. The lowest BCUT2D eigenvalue weighted by atomic mass is 10.1. The molecule has 204 valence electrons. The number of benzene rings is 3. The van der Waals surface area contributed by atoms with E-state index in [1.807, 2.05) is 20.8 Å². The zero-order valence-electron chi connectivity index (χ0n) is 21.5. The minimum atomic E-state index is -1.26. The van der Waals surface area contributed by atoms with E-state index in [1.165, 1.54) is 0 Å². The first-order valence-electron chi connectivity index (χ1n) is 11.9.